The fourth-order valence-corrected chi connectivity index (χ4v) is 2.47. The molecule has 0 amide bonds. The van der Waals surface area contributed by atoms with Gasteiger partial charge >= 0.3 is 11.9 Å². The van der Waals surface area contributed by atoms with E-state index in [1.165, 1.54) is 0 Å². The summed E-state index contributed by atoms with van der Waals surface area (Å²) >= 11 is 11.5. The van der Waals surface area contributed by atoms with Crippen molar-refractivity contribution >= 4 is 46.7 Å². The SMILES string of the molecule is O=C(CCC(=O)c1ccc(Cl)cc1)OC(=O)CCC(=O)c1ccc(Cl)cc1. The van der Waals surface area contributed by atoms with E-state index in [0.29, 0.717) is 21.2 Å². The molecule has 0 aliphatic carbocycles. The highest BCUT2D eigenvalue weighted by Gasteiger charge is 2.15. The number of esters is 2. The third-order valence-electron chi connectivity index (χ3n) is 3.67. The van der Waals surface area contributed by atoms with E-state index >= 15 is 0 Å². The molecule has 0 heterocycles. The van der Waals surface area contributed by atoms with Crippen molar-refractivity contribution in [1.82, 2.24) is 0 Å². The molecule has 0 N–H and O–H groups in total. The molecule has 2 rings (SSSR count). The second-order valence-electron chi connectivity index (χ2n) is 5.71. The zero-order valence-corrected chi connectivity index (χ0v) is 15.8. The third-order valence-corrected chi connectivity index (χ3v) is 4.18. The van der Waals surface area contributed by atoms with Gasteiger partial charge in [0.15, 0.2) is 11.6 Å². The van der Waals surface area contributed by atoms with Crippen molar-refractivity contribution < 1.29 is 23.9 Å². The molecule has 0 radical (unpaired) electrons. The molecule has 0 aromatic heterocycles. The molecule has 27 heavy (non-hydrogen) atoms. The van der Waals surface area contributed by atoms with Crippen molar-refractivity contribution in [3.8, 4) is 0 Å². The van der Waals surface area contributed by atoms with Gasteiger partial charge in [-0.25, -0.2) is 0 Å². The van der Waals surface area contributed by atoms with E-state index in [2.05, 4.69) is 4.74 Å². The monoisotopic (exact) mass is 406 g/mol. The number of ketones is 2. The number of hydrogen-bond acceptors (Lipinski definition) is 5. The fourth-order valence-electron chi connectivity index (χ4n) is 2.22. The van der Waals surface area contributed by atoms with Gasteiger partial charge in [-0.1, -0.05) is 23.2 Å². The van der Waals surface area contributed by atoms with Crippen LogP contribution >= 0.6 is 23.2 Å². The Bertz CT molecular complexity index is 770. The van der Waals surface area contributed by atoms with Crippen LogP contribution in [0, 0.1) is 0 Å². The van der Waals surface area contributed by atoms with Gasteiger partial charge in [-0.15, -0.1) is 0 Å². The van der Waals surface area contributed by atoms with Gasteiger partial charge in [0.2, 0.25) is 0 Å². The Labute approximate surface area is 166 Å². The highest BCUT2D eigenvalue weighted by Crippen LogP contribution is 2.13. The highest BCUT2D eigenvalue weighted by atomic mass is 35.5. The molecule has 0 unspecified atom stereocenters. The second kappa shape index (κ2) is 10.00. The lowest BCUT2D eigenvalue weighted by molar-refractivity contribution is -0.159. The van der Waals surface area contributed by atoms with E-state index in [-0.39, 0.29) is 37.2 Å². The lowest BCUT2D eigenvalue weighted by Gasteiger charge is -2.04. The van der Waals surface area contributed by atoms with E-state index in [9.17, 15) is 19.2 Å². The fraction of sp³-hybridized carbons (Fsp3) is 0.200. The Morgan fingerprint density at radius 1 is 0.593 bits per heavy atom. The molecule has 0 saturated heterocycles. The average molecular weight is 407 g/mol. The highest BCUT2D eigenvalue weighted by molar-refractivity contribution is 6.31. The molecule has 0 aliphatic heterocycles. The van der Waals surface area contributed by atoms with E-state index in [0.717, 1.165) is 0 Å². The van der Waals surface area contributed by atoms with Gasteiger partial charge in [-0.3, -0.25) is 19.2 Å². The average Bonchev–Trinajstić information content (AvgIpc) is 2.65. The normalized spacial score (nSPS) is 10.3. The van der Waals surface area contributed by atoms with Crippen molar-refractivity contribution in [2.45, 2.75) is 25.7 Å². The van der Waals surface area contributed by atoms with Crippen LogP contribution in [0.15, 0.2) is 48.5 Å². The van der Waals surface area contributed by atoms with Crippen molar-refractivity contribution in [3.05, 3.63) is 69.7 Å². The van der Waals surface area contributed by atoms with Gasteiger partial charge < -0.3 is 4.74 Å². The number of Topliss-reactive ketones (excluding diaryl/α,β-unsaturated/α-hetero) is 2. The summed E-state index contributed by atoms with van der Waals surface area (Å²) in [6.07, 6.45) is -0.619. The lowest BCUT2D eigenvalue weighted by Crippen LogP contribution is -2.15. The number of benzene rings is 2. The summed E-state index contributed by atoms with van der Waals surface area (Å²) in [5.74, 6) is -2.12. The Kier molecular flexibility index (Phi) is 7.70. The lowest BCUT2D eigenvalue weighted by atomic mass is 10.1. The zero-order chi connectivity index (χ0) is 19.8. The van der Waals surface area contributed by atoms with Gasteiger partial charge in [-0.2, -0.15) is 0 Å². The van der Waals surface area contributed by atoms with Crippen LogP contribution in [0.25, 0.3) is 0 Å². The largest absolute Gasteiger partial charge is 0.393 e. The molecule has 0 spiro atoms. The minimum absolute atomic E-state index is 0.0859. The molecular weight excluding hydrogens is 391 g/mol. The topological polar surface area (TPSA) is 77.5 Å². The van der Waals surface area contributed by atoms with Crippen molar-refractivity contribution in [2.75, 3.05) is 0 Å². The summed E-state index contributed by atoms with van der Waals surface area (Å²) < 4.78 is 4.64. The molecular formula is C20H16Cl2O5. The van der Waals surface area contributed by atoms with E-state index in [1.807, 2.05) is 0 Å². The van der Waals surface area contributed by atoms with Gasteiger partial charge in [0.25, 0.3) is 0 Å². The van der Waals surface area contributed by atoms with Gasteiger partial charge in [0.1, 0.15) is 0 Å². The summed E-state index contributed by atoms with van der Waals surface area (Å²) in [5.41, 5.74) is 0.846. The summed E-state index contributed by atoms with van der Waals surface area (Å²) in [5, 5.41) is 1.01. The maximum absolute atomic E-state index is 12.0. The molecule has 2 aromatic rings. The van der Waals surface area contributed by atoms with Crippen LogP contribution in [0.4, 0.5) is 0 Å². The van der Waals surface area contributed by atoms with Crippen LogP contribution in [-0.2, 0) is 14.3 Å². The minimum Gasteiger partial charge on any atom is -0.393 e. The number of rotatable bonds is 8. The molecule has 2 aromatic carbocycles. The maximum Gasteiger partial charge on any atom is 0.313 e. The molecule has 0 saturated carbocycles. The van der Waals surface area contributed by atoms with Crippen LogP contribution in [0.2, 0.25) is 10.0 Å². The number of hydrogen-bond donors (Lipinski definition) is 0. The Balaban J connectivity index is 1.72. The first-order valence-electron chi connectivity index (χ1n) is 8.16. The second-order valence-corrected chi connectivity index (χ2v) is 6.58. The minimum atomic E-state index is -0.804. The number of carbonyl (C=O) groups is 4. The summed E-state index contributed by atoms with van der Waals surface area (Å²) in [4.78, 5) is 47.3. The predicted octanol–water partition coefficient (Wildman–Crippen LogP) is 4.69. The molecule has 0 atom stereocenters. The van der Waals surface area contributed by atoms with Crippen molar-refractivity contribution in [2.24, 2.45) is 0 Å². The van der Waals surface area contributed by atoms with Gasteiger partial charge in [0.05, 0.1) is 12.8 Å². The van der Waals surface area contributed by atoms with Gasteiger partial charge in [-0.05, 0) is 48.5 Å². The summed E-state index contributed by atoms with van der Waals surface area (Å²) in [6, 6.07) is 12.5. The third kappa shape index (κ3) is 6.96. The predicted molar refractivity (Wildman–Crippen MR) is 101 cm³/mol. The molecule has 0 aliphatic rings. The maximum atomic E-state index is 12.0. The van der Waals surface area contributed by atoms with Crippen LogP contribution < -0.4 is 0 Å². The van der Waals surface area contributed by atoms with Crippen molar-refractivity contribution in [1.29, 1.82) is 0 Å². The number of ether oxygens (including phenoxy) is 1. The van der Waals surface area contributed by atoms with Crippen LogP contribution in [-0.4, -0.2) is 23.5 Å². The molecule has 0 fully saturated rings. The van der Waals surface area contributed by atoms with Crippen molar-refractivity contribution in [3.63, 3.8) is 0 Å². The molecule has 140 valence electrons. The summed E-state index contributed by atoms with van der Waals surface area (Å²) in [7, 11) is 0. The number of halogens is 2. The van der Waals surface area contributed by atoms with E-state index in [4.69, 9.17) is 23.2 Å². The quantitative estimate of drug-likeness (QED) is 0.361. The molecule has 7 heteroatoms. The zero-order valence-electron chi connectivity index (χ0n) is 14.2. The first kappa shape index (κ1) is 20.8. The number of carbonyl (C=O) groups excluding carboxylic acids is 4. The van der Waals surface area contributed by atoms with E-state index < -0.39 is 11.9 Å². The molecule has 0 bridgehead atoms. The van der Waals surface area contributed by atoms with Crippen LogP contribution in [0.1, 0.15) is 46.4 Å². The van der Waals surface area contributed by atoms with Gasteiger partial charge in [0, 0.05) is 34.0 Å². The Hall–Kier alpha value is -2.50. The summed E-state index contributed by atoms with van der Waals surface area (Å²) in [6.45, 7) is 0. The van der Waals surface area contributed by atoms with E-state index in [1.54, 1.807) is 48.5 Å². The Morgan fingerprint density at radius 2 is 0.926 bits per heavy atom. The first-order valence-corrected chi connectivity index (χ1v) is 8.92. The van der Waals surface area contributed by atoms with Crippen LogP contribution in [0.5, 0.6) is 0 Å². The standard InChI is InChI=1S/C20H16Cl2O5/c21-15-5-1-13(2-6-15)17(23)9-11-19(25)27-20(26)12-10-18(24)14-3-7-16(22)8-4-14/h1-8H,9-12H2. The first-order chi connectivity index (χ1) is 12.8. The van der Waals surface area contributed by atoms with Crippen LogP contribution in [0.3, 0.4) is 0 Å². The molecule has 5 nitrogen and oxygen atoms in total. The smallest absolute Gasteiger partial charge is 0.313 e. The Morgan fingerprint density at radius 3 is 1.26 bits per heavy atom.